The van der Waals surface area contributed by atoms with E-state index in [0.29, 0.717) is 26.3 Å². The fourth-order valence-electron chi connectivity index (χ4n) is 1.32. The lowest BCUT2D eigenvalue weighted by molar-refractivity contribution is 0.102. The number of rotatable bonds is 2. The van der Waals surface area contributed by atoms with Crippen molar-refractivity contribution >= 4 is 60.9 Å². The molecule has 3 N–H and O–H groups in total. The minimum absolute atomic E-state index is 0.277. The summed E-state index contributed by atoms with van der Waals surface area (Å²) in [7, 11) is 0. The van der Waals surface area contributed by atoms with Gasteiger partial charge in [-0.05, 0) is 50.1 Å². The Hall–Kier alpha value is -1.18. The molecular weight excluding hydrogens is 399 g/mol. The van der Waals surface area contributed by atoms with Gasteiger partial charge in [0.1, 0.15) is 9.21 Å². The molecule has 1 amide bonds. The van der Waals surface area contributed by atoms with Gasteiger partial charge in [-0.15, -0.1) is 0 Å². The van der Waals surface area contributed by atoms with Gasteiger partial charge in [-0.2, -0.15) is 0 Å². The molecule has 98 valence electrons. The van der Waals surface area contributed by atoms with Crippen LogP contribution in [0, 0.1) is 0 Å². The molecule has 2 aromatic rings. The summed E-state index contributed by atoms with van der Waals surface area (Å²) in [5.74, 6) is -0.0802. The first-order chi connectivity index (χ1) is 8.97. The molecule has 1 aromatic carbocycles. The zero-order valence-corrected chi connectivity index (χ0v) is 13.3. The lowest BCUT2D eigenvalue weighted by Gasteiger charge is -2.07. The molecule has 5 nitrogen and oxygen atoms in total. The molecule has 0 radical (unpaired) electrons. The van der Waals surface area contributed by atoms with Crippen LogP contribution in [-0.2, 0) is 0 Å². The van der Waals surface area contributed by atoms with Crippen molar-refractivity contribution in [2.75, 3.05) is 11.1 Å². The zero-order chi connectivity index (χ0) is 14.0. The predicted molar refractivity (Wildman–Crippen MR) is 81.2 cm³/mol. The molecule has 0 saturated heterocycles. The quantitative estimate of drug-likeness (QED) is 0.748. The van der Waals surface area contributed by atoms with Crippen LogP contribution in [0.2, 0.25) is 5.02 Å². The van der Waals surface area contributed by atoms with Crippen molar-refractivity contribution in [3.8, 4) is 0 Å². The molecule has 2 rings (SSSR count). The molecule has 0 aliphatic rings. The number of nitrogens with zero attached hydrogens (tertiary/aromatic N) is 2. The number of benzene rings is 1. The number of anilines is 2. The maximum absolute atomic E-state index is 12.0. The van der Waals surface area contributed by atoms with E-state index >= 15 is 0 Å². The topological polar surface area (TPSA) is 80.9 Å². The standard InChI is InChI=1S/C11H7Br2ClN4O/c12-8-4-16-10(9(13)17-8)18-11(19)6-2-1-5(15)3-7(6)14/h1-4H,15H2,(H,16,18,19). The average molecular weight is 406 g/mol. The van der Waals surface area contributed by atoms with Crippen LogP contribution in [-0.4, -0.2) is 15.9 Å². The van der Waals surface area contributed by atoms with Gasteiger partial charge < -0.3 is 11.1 Å². The van der Waals surface area contributed by atoms with Crippen LogP contribution in [0.5, 0.6) is 0 Å². The number of nitrogen functional groups attached to an aromatic ring is 1. The second-order valence-corrected chi connectivity index (χ2v) is 5.50. The summed E-state index contributed by atoms with van der Waals surface area (Å²) in [6.45, 7) is 0. The Bertz CT molecular complexity index is 651. The Morgan fingerprint density at radius 2 is 2.11 bits per heavy atom. The van der Waals surface area contributed by atoms with Crippen molar-refractivity contribution in [3.05, 3.63) is 44.2 Å². The summed E-state index contributed by atoms with van der Waals surface area (Å²) < 4.78 is 0.977. The lowest BCUT2D eigenvalue weighted by atomic mass is 10.2. The van der Waals surface area contributed by atoms with Gasteiger partial charge in [0.25, 0.3) is 5.91 Å². The normalized spacial score (nSPS) is 10.3. The van der Waals surface area contributed by atoms with Gasteiger partial charge in [0.2, 0.25) is 0 Å². The van der Waals surface area contributed by atoms with E-state index in [9.17, 15) is 4.79 Å². The molecule has 0 spiro atoms. The van der Waals surface area contributed by atoms with E-state index < -0.39 is 0 Å². The SMILES string of the molecule is Nc1ccc(C(=O)Nc2ncc(Br)nc2Br)c(Cl)c1. The molecule has 1 aromatic heterocycles. The van der Waals surface area contributed by atoms with E-state index in [1.807, 2.05) is 0 Å². The van der Waals surface area contributed by atoms with Crippen LogP contribution < -0.4 is 11.1 Å². The summed E-state index contributed by atoms with van der Waals surface area (Å²) in [5, 5.41) is 2.89. The van der Waals surface area contributed by atoms with Gasteiger partial charge in [0, 0.05) is 5.69 Å². The van der Waals surface area contributed by atoms with Crippen LogP contribution in [0.1, 0.15) is 10.4 Å². The number of hydrogen-bond donors (Lipinski definition) is 2. The van der Waals surface area contributed by atoms with Gasteiger partial charge in [-0.25, -0.2) is 9.97 Å². The number of halogens is 3. The van der Waals surface area contributed by atoms with Crippen LogP contribution in [0.25, 0.3) is 0 Å². The maximum atomic E-state index is 12.0. The highest BCUT2D eigenvalue weighted by Gasteiger charge is 2.13. The maximum Gasteiger partial charge on any atom is 0.258 e. The molecule has 19 heavy (non-hydrogen) atoms. The summed E-state index contributed by atoms with van der Waals surface area (Å²) in [6.07, 6.45) is 1.48. The molecule has 0 aliphatic carbocycles. The van der Waals surface area contributed by atoms with Crippen LogP contribution >= 0.6 is 43.5 Å². The van der Waals surface area contributed by atoms with Crippen molar-refractivity contribution in [2.45, 2.75) is 0 Å². The summed E-state index contributed by atoms with van der Waals surface area (Å²) in [5.41, 5.74) is 6.37. The van der Waals surface area contributed by atoms with Gasteiger partial charge in [0.15, 0.2) is 5.82 Å². The number of amides is 1. The Morgan fingerprint density at radius 3 is 2.74 bits per heavy atom. The number of hydrogen-bond acceptors (Lipinski definition) is 4. The third-order valence-corrected chi connectivity index (χ3v) is 3.42. The van der Waals surface area contributed by atoms with Crippen LogP contribution in [0.15, 0.2) is 33.6 Å². The lowest BCUT2D eigenvalue weighted by Crippen LogP contribution is -2.14. The van der Waals surface area contributed by atoms with Gasteiger partial charge >= 0.3 is 0 Å². The monoisotopic (exact) mass is 404 g/mol. The Kier molecular flexibility index (Phi) is 4.38. The predicted octanol–water partition coefficient (Wildman–Crippen LogP) is 3.49. The molecule has 0 aliphatic heterocycles. The first-order valence-electron chi connectivity index (χ1n) is 5.02. The summed E-state index contributed by atoms with van der Waals surface area (Å²) in [4.78, 5) is 20.1. The van der Waals surface area contributed by atoms with Crippen LogP contribution in [0.4, 0.5) is 11.5 Å². The smallest absolute Gasteiger partial charge is 0.258 e. The first-order valence-corrected chi connectivity index (χ1v) is 6.98. The molecule has 0 atom stereocenters. The first kappa shape index (κ1) is 14.2. The van der Waals surface area contributed by atoms with Gasteiger partial charge in [-0.3, -0.25) is 4.79 Å². The third kappa shape index (κ3) is 3.43. The molecule has 0 unspecified atom stereocenters. The van der Waals surface area contributed by atoms with E-state index in [0.717, 1.165) is 0 Å². The summed E-state index contributed by atoms with van der Waals surface area (Å²) >= 11 is 12.3. The number of nitrogens with one attached hydrogen (secondary N) is 1. The van der Waals surface area contributed by atoms with Crippen molar-refractivity contribution in [3.63, 3.8) is 0 Å². The molecule has 1 heterocycles. The van der Waals surface area contributed by atoms with Gasteiger partial charge in [0.05, 0.1) is 16.8 Å². The van der Waals surface area contributed by atoms with E-state index in [4.69, 9.17) is 17.3 Å². The molecule has 0 fully saturated rings. The molecule has 0 bridgehead atoms. The van der Waals surface area contributed by atoms with Crippen LogP contribution in [0.3, 0.4) is 0 Å². The second kappa shape index (κ2) is 5.85. The van der Waals surface area contributed by atoms with E-state index in [-0.39, 0.29) is 10.9 Å². The Labute approximate surface area is 130 Å². The number of nitrogens with two attached hydrogens (primary N) is 1. The van der Waals surface area contributed by atoms with Crippen molar-refractivity contribution in [1.82, 2.24) is 9.97 Å². The fourth-order valence-corrected chi connectivity index (χ4v) is 2.51. The van der Waals surface area contributed by atoms with E-state index in [1.165, 1.54) is 12.3 Å². The minimum Gasteiger partial charge on any atom is -0.399 e. The highest BCUT2D eigenvalue weighted by atomic mass is 79.9. The number of carbonyl (C=O) groups excluding carboxylic acids is 1. The highest BCUT2D eigenvalue weighted by molar-refractivity contribution is 9.11. The Balaban J connectivity index is 2.25. The molecule has 8 heteroatoms. The van der Waals surface area contributed by atoms with Crippen molar-refractivity contribution < 1.29 is 4.79 Å². The third-order valence-electron chi connectivity index (χ3n) is 2.17. The summed E-state index contributed by atoms with van der Waals surface area (Å²) in [6, 6.07) is 4.66. The highest BCUT2D eigenvalue weighted by Crippen LogP contribution is 2.23. The van der Waals surface area contributed by atoms with E-state index in [2.05, 4.69) is 47.1 Å². The minimum atomic E-state index is -0.387. The zero-order valence-electron chi connectivity index (χ0n) is 9.32. The Morgan fingerprint density at radius 1 is 1.37 bits per heavy atom. The van der Waals surface area contributed by atoms with E-state index in [1.54, 1.807) is 12.1 Å². The number of carbonyl (C=O) groups is 1. The largest absolute Gasteiger partial charge is 0.399 e. The average Bonchev–Trinajstić information content (AvgIpc) is 2.32. The second-order valence-electron chi connectivity index (χ2n) is 3.53. The number of aromatic nitrogens is 2. The van der Waals surface area contributed by atoms with Crippen molar-refractivity contribution in [1.29, 1.82) is 0 Å². The molecular formula is C11H7Br2ClN4O. The fraction of sp³-hybridized carbons (Fsp3) is 0. The molecule has 0 saturated carbocycles. The van der Waals surface area contributed by atoms with Crippen molar-refractivity contribution in [2.24, 2.45) is 0 Å². The van der Waals surface area contributed by atoms with Gasteiger partial charge in [-0.1, -0.05) is 11.6 Å².